The molecule has 0 heterocycles. The molecular formula is C19H32ClNO2. The second-order valence-corrected chi connectivity index (χ2v) is 6.59. The van der Waals surface area contributed by atoms with Gasteiger partial charge in [-0.15, -0.1) is 12.4 Å². The van der Waals surface area contributed by atoms with Gasteiger partial charge in [0.2, 0.25) is 0 Å². The van der Waals surface area contributed by atoms with Crippen LogP contribution >= 0.6 is 12.4 Å². The summed E-state index contributed by atoms with van der Waals surface area (Å²) in [5.74, 6) is 0.420. The monoisotopic (exact) mass is 341 g/mol. The van der Waals surface area contributed by atoms with Gasteiger partial charge in [0.05, 0.1) is 5.41 Å². The molecule has 0 aliphatic rings. The fourth-order valence-corrected chi connectivity index (χ4v) is 3.03. The van der Waals surface area contributed by atoms with Crippen LogP contribution in [0.1, 0.15) is 65.0 Å². The number of carbonyl (C=O) groups excluding carboxylic acids is 1. The van der Waals surface area contributed by atoms with Crippen molar-refractivity contribution in [1.82, 2.24) is 0 Å². The summed E-state index contributed by atoms with van der Waals surface area (Å²) in [7, 11) is 0. The quantitative estimate of drug-likeness (QED) is 0.555. The van der Waals surface area contributed by atoms with Crippen LogP contribution in [0, 0.1) is 5.92 Å². The second kappa shape index (κ2) is 9.94. The van der Waals surface area contributed by atoms with Crippen LogP contribution in [0.15, 0.2) is 24.3 Å². The highest BCUT2D eigenvalue weighted by atomic mass is 35.5. The Balaban J connectivity index is 0.00000484. The highest BCUT2D eigenvalue weighted by Gasteiger charge is 2.39. The molecule has 0 saturated heterocycles. The third-order valence-electron chi connectivity index (χ3n) is 4.11. The minimum absolute atomic E-state index is 0. The Morgan fingerprint density at radius 3 is 2.13 bits per heavy atom. The Kier molecular flexibility index (Phi) is 9.48. The fraction of sp³-hybridized carbons (Fsp3) is 0.632. The molecule has 1 rings (SSSR count). The third kappa shape index (κ3) is 5.82. The first-order chi connectivity index (χ1) is 10.4. The molecule has 0 saturated carbocycles. The SMILES string of the molecule is CCCC(CC)(C(=O)OC(C)N)c1ccc(CC(C)C)cc1.Cl. The van der Waals surface area contributed by atoms with Gasteiger partial charge in [0.15, 0.2) is 0 Å². The smallest absolute Gasteiger partial charge is 0.318 e. The Morgan fingerprint density at radius 2 is 1.74 bits per heavy atom. The maximum absolute atomic E-state index is 12.7. The lowest BCUT2D eigenvalue weighted by Crippen LogP contribution is -2.40. The van der Waals surface area contributed by atoms with Crippen LogP contribution in [0.2, 0.25) is 0 Å². The Bertz CT molecular complexity index is 471. The fourth-order valence-electron chi connectivity index (χ4n) is 3.03. The zero-order valence-electron chi connectivity index (χ0n) is 15.1. The lowest BCUT2D eigenvalue weighted by atomic mass is 9.74. The summed E-state index contributed by atoms with van der Waals surface area (Å²) in [5, 5.41) is 0. The first-order valence-corrected chi connectivity index (χ1v) is 8.41. The van der Waals surface area contributed by atoms with Gasteiger partial charge in [-0.1, -0.05) is 58.4 Å². The van der Waals surface area contributed by atoms with Crippen molar-refractivity contribution in [3.8, 4) is 0 Å². The lowest BCUT2D eigenvalue weighted by Gasteiger charge is -2.31. The van der Waals surface area contributed by atoms with E-state index in [4.69, 9.17) is 10.5 Å². The van der Waals surface area contributed by atoms with Crippen molar-refractivity contribution in [3.63, 3.8) is 0 Å². The number of carbonyl (C=O) groups is 1. The first kappa shape index (κ1) is 21.9. The summed E-state index contributed by atoms with van der Waals surface area (Å²) < 4.78 is 5.35. The van der Waals surface area contributed by atoms with Crippen LogP contribution in [-0.4, -0.2) is 12.2 Å². The summed E-state index contributed by atoms with van der Waals surface area (Å²) >= 11 is 0. The molecule has 1 aromatic rings. The second-order valence-electron chi connectivity index (χ2n) is 6.59. The molecule has 0 aromatic heterocycles. The van der Waals surface area contributed by atoms with E-state index in [9.17, 15) is 4.79 Å². The van der Waals surface area contributed by atoms with E-state index >= 15 is 0 Å². The van der Waals surface area contributed by atoms with Crippen molar-refractivity contribution in [2.45, 2.75) is 71.9 Å². The van der Waals surface area contributed by atoms with Crippen LogP contribution in [-0.2, 0) is 21.4 Å². The van der Waals surface area contributed by atoms with Gasteiger partial charge in [-0.05, 0) is 43.2 Å². The van der Waals surface area contributed by atoms with Gasteiger partial charge >= 0.3 is 5.97 Å². The molecule has 2 N–H and O–H groups in total. The highest BCUT2D eigenvalue weighted by Crippen LogP contribution is 2.35. The van der Waals surface area contributed by atoms with Gasteiger partial charge in [0.25, 0.3) is 0 Å². The maximum Gasteiger partial charge on any atom is 0.318 e. The van der Waals surface area contributed by atoms with Crippen molar-refractivity contribution in [2.75, 3.05) is 0 Å². The summed E-state index contributed by atoms with van der Waals surface area (Å²) in [4.78, 5) is 12.7. The van der Waals surface area contributed by atoms with E-state index in [1.54, 1.807) is 6.92 Å². The molecule has 2 atom stereocenters. The summed E-state index contributed by atoms with van der Waals surface area (Å²) in [6, 6.07) is 8.43. The molecule has 0 spiro atoms. The van der Waals surface area contributed by atoms with Crippen LogP contribution in [0.4, 0.5) is 0 Å². The van der Waals surface area contributed by atoms with Crippen molar-refractivity contribution < 1.29 is 9.53 Å². The van der Waals surface area contributed by atoms with Gasteiger partial charge in [-0.25, -0.2) is 0 Å². The van der Waals surface area contributed by atoms with Gasteiger partial charge in [-0.2, -0.15) is 0 Å². The van der Waals surface area contributed by atoms with Crippen LogP contribution in [0.5, 0.6) is 0 Å². The van der Waals surface area contributed by atoms with E-state index < -0.39 is 11.6 Å². The Labute approximate surface area is 147 Å². The van der Waals surface area contributed by atoms with E-state index in [1.165, 1.54) is 5.56 Å². The minimum Gasteiger partial charge on any atom is -0.446 e. The van der Waals surface area contributed by atoms with Crippen LogP contribution in [0.25, 0.3) is 0 Å². The molecule has 3 nitrogen and oxygen atoms in total. The number of esters is 1. The Morgan fingerprint density at radius 1 is 1.17 bits per heavy atom. The topological polar surface area (TPSA) is 52.3 Å². The highest BCUT2D eigenvalue weighted by molar-refractivity contribution is 5.85. The predicted octanol–water partition coefficient (Wildman–Crippen LogP) is 4.60. The molecule has 132 valence electrons. The van der Waals surface area contributed by atoms with Crippen molar-refractivity contribution in [1.29, 1.82) is 0 Å². The molecule has 1 aromatic carbocycles. The number of ether oxygens (including phenoxy) is 1. The number of rotatable bonds is 8. The largest absolute Gasteiger partial charge is 0.446 e. The molecule has 0 amide bonds. The zero-order valence-corrected chi connectivity index (χ0v) is 15.9. The molecule has 0 fully saturated rings. The number of benzene rings is 1. The molecule has 2 unspecified atom stereocenters. The Hall–Kier alpha value is -1.06. The molecule has 0 aliphatic carbocycles. The molecular weight excluding hydrogens is 310 g/mol. The zero-order chi connectivity index (χ0) is 16.8. The summed E-state index contributed by atoms with van der Waals surface area (Å²) in [6.07, 6.45) is 2.90. The number of hydrogen-bond acceptors (Lipinski definition) is 3. The van der Waals surface area contributed by atoms with E-state index in [-0.39, 0.29) is 18.4 Å². The maximum atomic E-state index is 12.7. The van der Waals surface area contributed by atoms with E-state index in [1.807, 2.05) is 6.92 Å². The van der Waals surface area contributed by atoms with E-state index in [0.717, 1.165) is 31.2 Å². The van der Waals surface area contributed by atoms with Crippen LogP contribution in [0.3, 0.4) is 0 Å². The van der Waals surface area contributed by atoms with Gasteiger partial charge in [-0.3, -0.25) is 10.5 Å². The number of hydrogen-bond donors (Lipinski definition) is 1. The normalized spacial score (nSPS) is 14.7. The predicted molar refractivity (Wildman–Crippen MR) is 98.9 cm³/mol. The average molecular weight is 342 g/mol. The summed E-state index contributed by atoms with van der Waals surface area (Å²) in [5.41, 5.74) is 7.41. The lowest BCUT2D eigenvalue weighted by molar-refractivity contribution is -0.155. The molecule has 0 aliphatic heterocycles. The molecule has 0 bridgehead atoms. The number of halogens is 1. The average Bonchev–Trinajstić information content (AvgIpc) is 2.44. The first-order valence-electron chi connectivity index (χ1n) is 8.41. The van der Waals surface area contributed by atoms with E-state index in [0.29, 0.717) is 5.92 Å². The van der Waals surface area contributed by atoms with Crippen molar-refractivity contribution in [3.05, 3.63) is 35.4 Å². The van der Waals surface area contributed by atoms with Crippen LogP contribution < -0.4 is 5.73 Å². The van der Waals surface area contributed by atoms with Gasteiger partial charge in [0, 0.05) is 0 Å². The summed E-state index contributed by atoms with van der Waals surface area (Å²) in [6.45, 7) is 10.2. The number of nitrogens with two attached hydrogens (primary N) is 1. The standard InChI is InChI=1S/C19H31NO2.ClH/c1-6-12-19(7-2,18(21)22-15(5)20)17-10-8-16(9-11-17)13-14(3)4;/h8-11,14-15H,6-7,12-13,20H2,1-5H3;1H. The molecule has 4 heteroatoms. The van der Waals surface area contributed by atoms with Crippen molar-refractivity contribution in [2.24, 2.45) is 11.7 Å². The minimum atomic E-state index is -0.585. The van der Waals surface area contributed by atoms with Crippen molar-refractivity contribution >= 4 is 18.4 Å². The third-order valence-corrected chi connectivity index (χ3v) is 4.11. The van der Waals surface area contributed by atoms with E-state index in [2.05, 4.69) is 45.0 Å². The molecule has 23 heavy (non-hydrogen) atoms. The molecule has 0 radical (unpaired) electrons. The van der Waals surface area contributed by atoms with Gasteiger partial charge < -0.3 is 4.74 Å². The van der Waals surface area contributed by atoms with Gasteiger partial charge in [0.1, 0.15) is 6.23 Å².